The maximum atomic E-state index is 12.4. The van der Waals surface area contributed by atoms with Crippen LogP contribution in [0.25, 0.3) is 0 Å². The fraction of sp³-hybridized carbons (Fsp3) is 0.364. The third-order valence-corrected chi connectivity index (χ3v) is 5.34. The van der Waals surface area contributed by atoms with Crippen molar-refractivity contribution in [1.82, 2.24) is 4.31 Å². The monoisotopic (exact) mass is 366 g/mol. The van der Waals surface area contributed by atoms with E-state index >= 15 is 0 Å². The number of alkyl halides is 1. The van der Waals surface area contributed by atoms with Crippen molar-refractivity contribution in [2.45, 2.75) is 17.7 Å². The van der Waals surface area contributed by atoms with Crippen LogP contribution in [0.5, 0.6) is 0 Å². The zero-order valence-electron chi connectivity index (χ0n) is 9.90. The van der Waals surface area contributed by atoms with E-state index in [9.17, 15) is 13.2 Å². The van der Waals surface area contributed by atoms with Gasteiger partial charge in [-0.1, -0.05) is 27.5 Å². The number of carbonyl (C=O) groups is 1. The first kappa shape index (κ1) is 14.6. The summed E-state index contributed by atoms with van der Waals surface area (Å²) < 4.78 is 25.6. The summed E-state index contributed by atoms with van der Waals surface area (Å²) in [6, 6.07) is 3.76. The molecule has 0 saturated heterocycles. The average molecular weight is 368 g/mol. The molecule has 1 N–H and O–H groups in total. The summed E-state index contributed by atoms with van der Waals surface area (Å²) in [6.07, 6.45) is 1.40. The number of unbranched alkanes of at least 4 members (excludes halogenated alkanes) is 1. The molecule has 0 saturated carbocycles. The van der Waals surface area contributed by atoms with Gasteiger partial charge in [0.15, 0.2) is 0 Å². The van der Waals surface area contributed by atoms with Gasteiger partial charge in [-0.15, -0.1) is 0 Å². The van der Waals surface area contributed by atoms with Gasteiger partial charge in [0.25, 0.3) is 10.0 Å². The first-order chi connectivity index (χ1) is 8.96. The minimum Gasteiger partial charge on any atom is -0.306 e. The van der Waals surface area contributed by atoms with Crippen molar-refractivity contribution in [1.29, 1.82) is 0 Å². The average Bonchev–Trinajstić information content (AvgIpc) is 2.35. The Labute approximate surface area is 125 Å². The summed E-state index contributed by atoms with van der Waals surface area (Å²) in [6.45, 7) is 0.158. The lowest BCUT2D eigenvalue weighted by Gasteiger charge is -2.28. The van der Waals surface area contributed by atoms with Gasteiger partial charge >= 0.3 is 6.03 Å². The highest BCUT2D eigenvalue weighted by molar-refractivity contribution is 9.09. The molecule has 1 aromatic carbocycles. The smallest absolute Gasteiger partial charge is 0.306 e. The van der Waals surface area contributed by atoms with Crippen molar-refractivity contribution in [3.05, 3.63) is 23.2 Å². The lowest BCUT2D eigenvalue weighted by Crippen LogP contribution is -2.44. The van der Waals surface area contributed by atoms with Crippen LogP contribution in [-0.2, 0) is 10.0 Å². The number of carbonyl (C=O) groups excluding carboxylic acids is 1. The fourth-order valence-corrected chi connectivity index (χ4v) is 3.97. The molecule has 8 heteroatoms. The molecule has 1 heterocycles. The Morgan fingerprint density at radius 2 is 2.05 bits per heavy atom. The Balaban J connectivity index is 2.36. The maximum Gasteiger partial charge on any atom is 0.335 e. The molecule has 1 aliphatic heterocycles. The molecule has 0 aromatic heterocycles. The Kier molecular flexibility index (Phi) is 4.37. The van der Waals surface area contributed by atoms with Crippen LogP contribution in [0.4, 0.5) is 10.5 Å². The van der Waals surface area contributed by atoms with Crippen LogP contribution < -0.4 is 5.32 Å². The van der Waals surface area contributed by atoms with Crippen LogP contribution in [0.15, 0.2) is 23.1 Å². The molecule has 2 amide bonds. The summed E-state index contributed by atoms with van der Waals surface area (Å²) in [5.74, 6) is 0. The molecule has 19 heavy (non-hydrogen) atoms. The quantitative estimate of drug-likeness (QED) is 0.657. The molecule has 0 bridgehead atoms. The summed E-state index contributed by atoms with van der Waals surface area (Å²) in [5, 5.41) is 3.64. The maximum absolute atomic E-state index is 12.4. The van der Waals surface area contributed by atoms with Gasteiger partial charge in [-0.3, -0.25) is 0 Å². The molecule has 0 unspecified atom stereocenters. The van der Waals surface area contributed by atoms with Gasteiger partial charge in [-0.05, 0) is 31.0 Å². The number of rotatable bonds is 4. The molecule has 0 atom stereocenters. The number of sulfonamides is 1. The number of hydrogen-bond donors (Lipinski definition) is 1. The lowest BCUT2D eigenvalue weighted by molar-refractivity contribution is 0.234. The number of nitrogens with one attached hydrogen (secondary N) is 1. The van der Waals surface area contributed by atoms with Gasteiger partial charge < -0.3 is 5.32 Å². The molecule has 1 aromatic rings. The predicted octanol–water partition coefficient (Wildman–Crippen LogP) is 3.05. The van der Waals surface area contributed by atoms with Crippen molar-refractivity contribution in [2.24, 2.45) is 0 Å². The topological polar surface area (TPSA) is 66.5 Å². The molecular weight excluding hydrogens is 356 g/mol. The van der Waals surface area contributed by atoms with Gasteiger partial charge in [0, 0.05) is 16.9 Å². The molecule has 2 rings (SSSR count). The second-order valence-electron chi connectivity index (χ2n) is 4.04. The number of urea groups is 1. The SMILES string of the molecule is O=C1Nc2ccc(Cl)cc2S(=O)(=O)N1CCCCBr. The van der Waals surface area contributed by atoms with Crippen LogP contribution in [0, 0.1) is 0 Å². The second-order valence-corrected chi connectivity index (χ2v) is 7.10. The van der Waals surface area contributed by atoms with Crippen molar-refractivity contribution in [2.75, 3.05) is 17.2 Å². The number of halogens is 2. The second kappa shape index (κ2) is 5.68. The number of amides is 2. The normalized spacial score (nSPS) is 16.9. The molecular formula is C11H12BrClN2O3S. The van der Waals surface area contributed by atoms with Gasteiger partial charge in [-0.25, -0.2) is 17.5 Å². The summed E-state index contributed by atoms with van der Waals surface area (Å²) in [4.78, 5) is 11.9. The van der Waals surface area contributed by atoms with Gasteiger partial charge in [0.1, 0.15) is 4.90 Å². The third-order valence-electron chi connectivity index (χ3n) is 2.72. The predicted molar refractivity (Wildman–Crippen MR) is 77.4 cm³/mol. The number of benzene rings is 1. The highest BCUT2D eigenvalue weighted by Crippen LogP contribution is 2.32. The van der Waals surface area contributed by atoms with Crippen LogP contribution >= 0.6 is 27.5 Å². The molecule has 0 aliphatic carbocycles. The molecule has 1 aliphatic rings. The number of nitrogens with zero attached hydrogens (tertiary/aromatic N) is 1. The van der Waals surface area contributed by atoms with Gasteiger partial charge in [-0.2, -0.15) is 0 Å². The molecule has 0 spiro atoms. The van der Waals surface area contributed by atoms with Crippen LogP contribution in [-0.4, -0.2) is 30.6 Å². The van der Waals surface area contributed by atoms with Crippen molar-refractivity contribution in [3.63, 3.8) is 0 Å². The highest BCUT2D eigenvalue weighted by Gasteiger charge is 2.36. The Hall–Kier alpha value is -0.790. The van der Waals surface area contributed by atoms with E-state index in [1.54, 1.807) is 0 Å². The largest absolute Gasteiger partial charge is 0.335 e. The van der Waals surface area contributed by atoms with Crippen molar-refractivity contribution < 1.29 is 13.2 Å². The van der Waals surface area contributed by atoms with Crippen molar-refractivity contribution >= 4 is 49.3 Å². The fourth-order valence-electron chi connectivity index (χ4n) is 1.79. The summed E-state index contributed by atoms with van der Waals surface area (Å²) in [7, 11) is -3.81. The standard InChI is InChI=1S/C11H12BrClN2O3S/c12-5-1-2-6-15-11(16)14-9-4-3-8(13)7-10(9)19(15,17)18/h3-4,7H,1-2,5-6H2,(H,14,16). The van der Waals surface area contributed by atoms with Crippen LogP contribution in [0.3, 0.4) is 0 Å². The van der Waals surface area contributed by atoms with E-state index < -0.39 is 16.1 Å². The minimum absolute atomic E-state index is 0.0402. The van der Waals surface area contributed by atoms with Gasteiger partial charge in [0.05, 0.1) is 5.69 Å². The van der Waals surface area contributed by atoms with E-state index in [0.717, 1.165) is 16.1 Å². The van der Waals surface area contributed by atoms with Gasteiger partial charge in [0.2, 0.25) is 0 Å². The Morgan fingerprint density at radius 1 is 1.32 bits per heavy atom. The molecule has 104 valence electrons. The Morgan fingerprint density at radius 3 is 2.74 bits per heavy atom. The zero-order valence-corrected chi connectivity index (χ0v) is 13.1. The summed E-state index contributed by atoms with van der Waals surface area (Å²) in [5.41, 5.74) is 0.270. The first-order valence-electron chi connectivity index (χ1n) is 5.66. The van der Waals surface area contributed by atoms with Crippen molar-refractivity contribution in [3.8, 4) is 0 Å². The van der Waals surface area contributed by atoms with E-state index in [1.165, 1.54) is 18.2 Å². The molecule has 5 nitrogen and oxygen atoms in total. The van der Waals surface area contributed by atoms with E-state index in [1.807, 2.05) is 0 Å². The van der Waals surface area contributed by atoms with E-state index in [0.29, 0.717) is 11.4 Å². The number of anilines is 1. The summed E-state index contributed by atoms with van der Waals surface area (Å²) >= 11 is 9.08. The van der Waals surface area contributed by atoms with E-state index in [-0.39, 0.29) is 17.1 Å². The van der Waals surface area contributed by atoms with E-state index in [2.05, 4.69) is 21.2 Å². The third kappa shape index (κ3) is 2.88. The van der Waals surface area contributed by atoms with E-state index in [4.69, 9.17) is 11.6 Å². The first-order valence-corrected chi connectivity index (χ1v) is 8.60. The van der Waals surface area contributed by atoms with Crippen LogP contribution in [0.1, 0.15) is 12.8 Å². The molecule has 0 radical (unpaired) electrons. The highest BCUT2D eigenvalue weighted by atomic mass is 79.9. The number of fused-ring (bicyclic) bond motifs is 1. The minimum atomic E-state index is -3.81. The lowest BCUT2D eigenvalue weighted by atomic mass is 10.3. The van der Waals surface area contributed by atoms with Crippen LogP contribution in [0.2, 0.25) is 5.02 Å². The number of hydrogen-bond acceptors (Lipinski definition) is 3. The molecule has 0 fully saturated rings. The Bertz CT molecular complexity index is 606. The zero-order chi connectivity index (χ0) is 14.0.